The van der Waals surface area contributed by atoms with E-state index in [9.17, 15) is 4.79 Å². The molecule has 0 N–H and O–H groups in total. The van der Waals surface area contributed by atoms with Gasteiger partial charge in [0.2, 0.25) is 0 Å². The van der Waals surface area contributed by atoms with Gasteiger partial charge in [-0.1, -0.05) is 6.58 Å². The Labute approximate surface area is 53.9 Å². The van der Waals surface area contributed by atoms with Crippen molar-refractivity contribution in [2.75, 3.05) is 13.1 Å². The van der Waals surface area contributed by atoms with Crippen molar-refractivity contribution in [3.63, 3.8) is 0 Å². The molecular formula is C6H9NO2. The minimum Gasteiger partial charge on any atom is -0.413 e. The fraction of sp³-hybridized carbons (Fsp3) is 0.500. The van der Waals surface area contributed by atoms with Crippen molar-refractivity contribution in [2.24, 2.45) is 0 Å². The predicted molar refractivity (Wildman–Crippen MR) is 32.9 cm³/mol. The Morgan fingerprint density at radius 3 is 2.78 bits per heavy atom. The largest absolute Gasteiger partial charge is 0.415 e. The second-order valence-corrected chi connectivity index (χ2v) is 1.92. The second kappa shape index (κ2) is 2.09. The zero-order valence-electron chi connectivity index (χ0n) is 5.39. The Hall–Kier alpha value is -0.990. The van der Waals surface area contributed by atoms with Crippen LogP contribution in [-0.4, -0.2) is 24.1 Å². The van der Waals surface area contributed by atoms with E-state index < -0.39 is 0 Å². The van der Waals surface area contributed by atoms with E-state index in [0.717, 1.165) is 0 Å². The lowest BCUT2D eigenvalue weighted by Gasteiger charge is -2.05. The van der Waals surface area contributed by atoms with Crippen LogP contribution in [0.3, 0.4) is 0 Å². The van der Waals surface area contributed by atoms with E-state index >= 15 is 0 Å². The highest BCUT2D eigenvalue weighted by atomic mass is 16.6. The Bertz CT molecular complexity index is 153. The van der Waals surface area contributed by atoms with Gasteiger partial charge in [0.1, 0.15) is 5.76 Å². The molecule has 0 radical (unpaired) electrons. The topological polar surface area (TPSA) is 29.5 Å². The summed E-state index contributed by atoms with van der Waals surface area (Å²) in [6.07, 6.45) is -0.275. The SMILES string of the molecule is C=C1CN(CC)C(=O)O1. The number of ether oxygens (including phenoxy) is 1. The van der Waals surface area contributed by atoms with Crippen molar-refractivity contribution in [3.8, 4) is 0 Å². The summed E-state index contributed by atoms with van der Waals surface area (Å²) in [6, 6.07) is 0. The third kappa shape index (κ3) is 1.04. The number of likely N-dealkylation sites (N-methyl/N-ethyl adjacent to an activating group) is 1. The molecule has 1 aliphatic rings. The zero-order valence-corrected chi connectivity index (χ0v) is 5.39. The first-order valence-corrected chi connectivity index (χ1v) is 2.88. The molecule has 0 spiro atoms. The molecule has 0 saturated carbocycles. The molecule has 3 heteroatoms. The quantitative estimate of drug-likeness (QED) is 0.525. The van der Waals surface area contributed by atoms with Crippen molar-refractivity contribution >= 4 is 6.09 Å². The standard InChI is InChI=1S/C6H9NO2/c1-3-7-4-5(2)9-6(7)8/h2-4H2,1H3. The smallest absolute Gasteiger partial charge is 0.413 e. The van der Waals surface area contributed by atoms with E-state index in [0.29, 0.717) is 18.8 Å². The van der Waals surface area contributed by atoms with Crippen LogP contribution in [0.5, 0.6) is 0 Å². The summed E-state index contributed by atoms with van der Waals surface area (Å²) in [5.41, 5.74) is 0. The second-order valence-electron chi connectivity index (χ2n) is 1.92. The molecule has 0 bridgehead atoms. The molecule has 0 aromatic rings. The molecule has 1 aliphatic heterocycles. The lowest BCUT2D eigenvalue weighted by Crippen LogP contribution is -2.22. The monoisotopic (exact) mass is 127 g/mol. The molecule has 1 heterocycles. The third-order valence-electron chi connectivity index (χ3n) is 1.24. The maximum atomic E-state index is 10.7. The number of rotatable bonds is 1. The number of carbonyl (C=O) groups is 1. The van der Waals surface area contributed by atoms with Gasteiger partial charge in [0, 0.05) is 6.54 Å². The molecular weight excluding hydrogens is 118 g/mol. The van der Waals surface area contributed by atoms with Gasteiger partial charge in [0.15, 0.2) is 0 Å². The van der Waals surface area contributed by atoms with Crippen molar-refractivity contribution in [1.29, 1.82) is 0 Å². The minimum atomic E-state index is -0.275. The molecule has 0 aliphatic carbocycles. The molecule has 0 aromatic heterocycles. The number of cyclic esters (lactones) is 1. The van der Waals surface area contributed by atoms with Crippen LogP contribution >= 0.6 is 0 Å². The summed E-state index contributed by atoms with van der Waals surface area (Å²) >= 11 is 0. The average molecular weight is 127 g/mol. The molecule has 0 unspecified atom stereocenters. The number of carbonyl (C=O) groups excluding carboxylic acids is 1. The fourth-order valence-corrected chi connectivity index (χ4v) is 0.739. The van der Waals surface area contributed by atoms with Crippen LogP contribution in [0.25, 0.3) is 0 Å². The maximum Gasteiger partial charge on any atom is 0.415 e. The summed E-state index contributed by atoms with van der Waals surface area (Å²) in [5.74, 6) is 0.543. The summed E-state index contributed by atoms with van der Waals surface area (Å²) in [5, 5.41) is 0. The summed E-state index contributed by atoms with van der Waals surface area (Å²) in [6.45, 7) is 6.66. The van der Waals surface area contributed by atoms with Gasteiger partial charge in [-0.3, -0.25) is 0 Å². The van der Waals surface area contributed by atoms with Crippen molar-refractivity contribution in [3.05, 3.63) is 12.3 Å². The van der Waals surface area contributed by atoms with E-state index in [1.165, 1.54) is 0 Å². The highest BCUT2D eigenvalue weighted by Gasteiger charge is 2.22. The highest BCUT2D eigenvalue weighted by molar-refractivity contribution is 5.71. The summed E-state index contributed by atoms with van der Waals surface area (Å²) < 4.78 is 4.66. The molecule has 3 nitrogen and oxygen atoms in total. The van der Waals surface area contributed by atoms with Crippen LogP contribution in [0.4, 0.5) is 4.79 Å². The van der Waals surface area contributed by atoms with Crippen LogP contribution in [0.1, 0.15) is 6.92 Å². The maximum absolute atomic E-state index is 10.7. The van der Waals surface area contributed by atoms with Crippen molar-refractivity contribution in [2.45, 2.75) is 6.92 Å². The summed E-state index contributed by atoms with van der Waals surface area (Å²) in [4.78, 5) is 12.2. The van der Waals surface area contributed by atoms with Crippen LogP contribution in [0, 0.1) is 0 Å². The van der Waals surface area contributed by atoms with Gasteiger partial charge >= 0.3 is 6.09 Å². The first kappa shape index (κ1) is 6.13. The first-order valence-electron chi connectivity index (χ1n) is 2.88. The van der Waals surface area contributed by atoms with E-state index in [2.05, 4.69) is 11.3 Å². The molecule has 1 fully saturated rings. The molecule has 1 amide bonds. The van der Waals surface area contributed by atoms with E-state index in [1.807, 2.05) is 6.92 Å². The van der Waals surface area contributed by atoms with Crippen molar-refractivity contribution in [1.82, 2.24) is 4.90 Å². The Morgan fingerprint density at radius 2 is 2.56 bits per heavy atom. The van der Waals surface area contributed by atoms with Crippen LogP contribution in [0.2, 0.25) is 0 Å². The van der Waals surface area contributed by atoms with Gasteiger partial charge < -0.3 is 9.64 Å². The molecule has 1 saturated heterocycles. The molecule has 1 rings (SSSR count). The van der Waals surface area contributed by atoms with Crippen molar-refractivity contribution < 1.29 is 9.53 Å². The van der Waals surface area contributed by atoms with E-state index in [1.54, 1.807) is 4.90 Å². The van der Waals surface area contributed by atoms with Gasteiger partial charge in [-0.15, -0.1) is 0 Å². The zero-order chi connectivity index (χ0) is 6.85. The third-order valence-corrected chi connectivity index (χ3v) is 1.24. The molecule has 50 valence electrons. The van der Waals surface area contributed by atoms with Crippen LogP contribution < -0.4 is 0 Å². The van der Waals surface area contributed by atoms with Gasteiger partial charge in [-0.25, -0.2) is 4.79 Å². The first-order chi connectivity index (χ1) is 4.24. The number of amides is 1. The Kier molecular flexibility index (Phi) is 1.42. The van der Waals surface area contributed by atoms with E-state index in [4.69, 9.17) is 0 Å². The molecule has 9 heavy (non-hydrogen) atoms. The predicted octanol–water partition coefficient (Wildman–Crippen LogP) is 0.972. The Morgan fingerprint density at radius 1 is 1.89 bits per heavy atom. The minimum absolute atomic E-state index is 0.275. The molecule has 0 aromatic carbocycles. The highest BCUT2D eigenvalue weighted by Crippen LogP contribution is 2.10. The average Bonchev–Trinajstić information content (AvgIpc) is 2.10. The van der Waals surface area contributed by atoms with E-state index in [-0.39, 0.29) is 6.09 Å². The number of nitrogens with zero attached hydrogens (tertiary/aromatic N) is 1. The van der Waals surface area contributed by atoms with Gasteiger partial charge in [-0.2, -0.15) is 0 Å². The number of hydrogen-bond acceptors (Lipinski definition) is 2. The van der Waals surface area contributed by atoms with Crippen LogP contribution in [-0.2, 0) is 4.74 Å². The van der Waals surface area contributed by atoms with Gasteiger partial charge in [-0.05, 0) is 6.92 Å². The van der Waals surface area contributed by atoms with Gasteiger partial charge in [0.05, 0.1) is 6.54 Å². The molecule has 0 atom stereocenters. The van der Waals surface area contributed by atoms with Crippen LogP contribution in [0.15, 0.2) is 12.3 Å². The lowest BCUT2D eigenvalue weighted by atomic mass is 10.5. The number of hydrogen-bond donors (Lipinski definition) is 0. The lowest BCUT2D eigenvalue weighted by molar-refractivity contribution is 0.170. The fourth-order valence-electron chi connectivity index (χ4n) is 0.739. The normalized spacial score (nSPS) is 18.6. The van der Waals surface area contributed by atoms with Gasteiger partial charge in [0.25, 0.3) is 0 Å². The summed E-state index contributed by atoms with van der Waals surface area (Å²) in [7, 11) is 0. The Balaban J connectivity index is 2.58.